The lowest BCUT2D eigenvalue weighted by Crippen LogP contribution is -2.36. The fourth-order valence-electron chi connectivity index (χ4n) is 2.07. The van der Waals surface area contributed by atoms with Crippen molar-refractivity contribution in [3.63, 3.8) is 0 Å². The number of nitrogens with zero attached hydrogens (tertiary/aromatic N) is 3. The van der Waals surface area contributed by atoms with Gasteiger partial charge in [0.15, 0.2) is 12.6 Å². The summed E-state index contributed by atoms with van der Waals surface area (Å²) in [4.78, 5) is 12.5. The molecule has 0 aliphatic carbocycles. The first-order valence-corrected chi connectivity index (χ1v) is 9.18. The minimum atomic E-state index is -4.41. The Labute approximate surface area is 183 Å². The predicted molar refractivity (Wildman–Crippen MR) is 114 cm³/mol. The maximum Gasteiger partial charge on any atom is 0.422 e. The maximum absolute atomic E-state index is 12.4. The predicted octanol–water partition coefficient (Wildman–Crippen LogP) is 4.09. The second-order valence-electron chi connectivity index (χ2n) is 5.97. The van der Waals surface area contributed by atoms with Crippen LogP contribution in [-0.2, 0) is 13.1 Å². The van der Waals surface area contributed by atoms with Crippen molar-refractivity contribution in [3.8, 4) is 5.88 Å². The second kappa shape index (κ2) is 11.4. The molecule has 0 bridgehead atoms. The summed E-state index contributed by atoms with van der Waals surface area (Å²) in [6.45, 7) is 3.50. The fourth-order valence-corrected chi connectivity index (χ4v) is 2.96. The molecule has 156 valence electrons. The van der Waals surface area contributed by atoms with Gasteiger partial charge < -0.3 is 15.4 Å². The van der Waals surface area contributed by atoms with E-state index < -0.39 is 12.8 Å². The van der Waals surface area contributed by atoms with Crippen molar-refractivity contribution >= 4 is 41.3 Å². The van der Waals surface area contributed by atoms with Gasteiger partial charge in [0.1, 0.15) is 5.01 Å². The molecule has 2 aromatic heterocycles. The van der Waals surface area contributed by atoms with E-state index in [1.807, 2.05) is 5.38 Å². The van der Waals surface area contributed by atoms with Gasteiger partial charge in [0.05, 0.1) is 12.2 Å². The number of aromatic nitrogens is 2. The van der Waals surface area contributed by atoms with Gasteiger partial charge in [-0.1, -0.05) is 19.9 Å². The van der Waals surface area contributed by atoms with E-state index in [-0.39, 0.29) is 36.4 Å². The number of pyridine rings is 1. The topological polar surface area (TPSA) is 71.4 Å². The molecular weight excluding hydrogens is 506 g/mol. The van der Waals surface area contributed by atoms with Crippen molar-refractivity contribution in [1.82, 2.24) is 20.6 Å². The van der Waals surface area contributed by atoms with Gasteiger partial charge in [0, 0.05) is 30.7 Å². The Bertz CT molecular complexity index is 767. The minimum Gasteiger partial charge on any atom is -0.468 e. The molecule has 0 aliphatic heterocycles. The molecule has 28 heavy (non-hydrogen) atoms. The summed E-state index contributed by atoms with van der Waals surface area (Å²) in [7, 11) is 1.61. The van der Waals surface area contributed by atoms with E-state index in [0.717, 1.165) is 10.7 Å². The van der Waals surface area contributed by atoms with E-state index >= 15 is 0 Å². The number of thiazole rings is 1. The van der Waals surface area contributed by atoms with Crippen LogP contribution in [0.1, 0.15) is 36.0 Å². The molecule has 0 saturated carbocycles. The molecule has 0 saturated heterocycles. The monoisotopic (exact) mass is 529 g/mol. The van der Waals surface area contributed by atoms with E-state index in [0.29, 0.717) is 24.0 Å². The molecule has 0 aromatic carbocycles. The normalized spacial score (nSPS) is 11.9. The second-order valence-corrected chi connectivity index (χ2v) is 6.91. The van der Waals surface area contributed by atoms with E-state index in [1.165, 1.54) is 6.20 Å². The molecule has 11 heteroatoms. The molecule has 6 nitrogen and oxygen atoms in total. The summed E-state index contributed by atoms with van der Waals surface area (Å²) in [6.07, 6.45) is -3.03. The number of alkyl halides is 3. The van der Waals surface area contributed by atoms with Crippen LogP contribution in [0.2, 0.25) is 0 Å². The standard InChI is InChI=1S/C17H22F3N5OS.HI/c1-11(2)13-9-27-14(25-13)8-24-16(21-3)23-7-12-5-4-6-22-15(12)26-10-17(18,19)20;/h4-6,9,11H,7-8,10H2,1-3H3,(H2,21,23,24);1H. The number of hydrogen-bond acceptors (Lipinski definition) is 5. The van der Waals surface area contributed by atoms with Crippen LogP contribution in [0.5, 0.6) is 5.88 Å². The third-order valence-electron chi connectivity index (χ3n) is 3.46. The molecule has 2 N–H and O–H groups in total. The molecule has 0 radical (unpaired) electrons. The van der Waals surface area contributed by atoms with Gasteiger partial charge >= 0.3 is 6.18 Å². The minimum absolute atomic E-state index is 0. The third-order valence-corrected chi connectivity index (χ3v) is 4.33. The van der Waals surface area contributed by atoms with Gasteiger partial charge in [-0.25, -0.2) is 9.97 Å². The zero-order chi connectivity index (χ0) is 19.9. The lowest BCUT2D eigenvalue weighted by atomic mass is 10.2. The van der Waals surface area contributed by atoms with Crippen LogP contribution < -0.4 is 15.4 Å². The highest BCUT2D eigenvalue weighted by Gasteiger charge is 2.29. The van der Waals surface area contributed by atoms with Crippen molar-refractivity contribution in [1.29, 1.82) is 0 Å². The average molecular weight is 529 g/mol. The van der Waals surface area contributed by atoms with Crippen molar-refractivity contribution in [3.05, 3.63) is 40.0 Å². The van der Waals surface area contributed by atoms with Crippen LogP contribution in [-0.4, -0.2) is 35.8 Å². The first kappa shape index (κ1) is 24.4. The maximum atomic E-state index is 12.4. The lowest BCUT2D eigenvalue weighted by molar-refractivity contribution is -0.154. The quantitative estimate of drug-likeness (QED) is 0.322. The van der Waals surface area contributed by atoms with E-state index in [1.54, 1.807) is 30.5 Å². The summed E-state index contributed by atoms with van der Waals surface area (Å²) in [5, 5.41) is 9.12. The summed E-state index contributed by atoms with van der Waals surface area (Å²) in [5.41, 5.74) is 1.54. The molecule has 2 aromatic rings. The van der Waals surface area contributed by atoms with E-state index in [4.69, 9.17) is 4.74 Å². The van der Waals surface area contributed by atoms with Gasteiger partial charge in [-0.3, -0.25) is 4.99 Å². The Morgan fingerprint density at radius 3 is 2.61 bits per heavy atom. The average Bonchev–Trinajstić information content (AvgIpc) is 3.09. The molecule has 0 unspecified atom stereocenters. The Hall–Kier alpha value is -1.63. The highest BCUT2D eigenvalue weighted by molar-refractivity contribution is 14.0. The van der Waals surface area contributed by atoms with Crippen molar-refractivity contribution in [2.75, 3.05) is 13.7 Å². The number of nitrogens with one attached hydrogen (secondary N) is 2. The van der Waals surface area contributed by atoms with Crippen molar-refractivity contribution < 1.29 is 17.9 Å². The molecule has 0 amide bonds. The lowest BCUT2D eigenvalue weighted by Gasteiger charge is -2.14. The first-order chi connectivity index (χ1) is 12.8. The summed E-state index contributed by atoms with van der Waals surface area (Å²) in [5.74, 6) is 0.814. The number of guanidine groups is 1. The Morgan fingerprint density at radius 1 is 1.29 bits per heavy atom. The van der Waals surface area contributed by atoms with Crippen molar-refractivity contribution in [2.24, 2.45) is 4.99 Å². The highest BCUT2D eigenvalue weighted by Crippen LogP contribution is 2.20. The summed E-state index contributed by atoms with van der Waals surface area (Å²) < 4.78 is 41.8. The summed E-state index contributed by atoms with van der Waals surface area (Å²) in [6, 6.07) is 3.28. The van der Waals surface area contributed by atoms with E-state index in [2.05, 4.69) is 39.4 Å². The third kappa shape index (κ3) is 8.17. The van der Waals surface area contributed by atoms with Gasteiger partial charge in [-0.15, -0.1) is 35.3 Å². The Morgan fingerprint density at radius 2 is 2.00 bits per heavy atom. The largest absolute Gasteiger partial charge is 0.468 e. The number of halogens is 4. The SMILES string of the molecule is CN=C(NCc1nc(C(C)C)cs1)NCc1cccnc1OCC(F)(F)F.I. The molecule has 0 spiro atoms. The Kier molecular flexibility index (Phi) is 9.93. The molecule has 2 heterocycles. The van der Waals surface area contributed by atoms with E-state index in [9.17, 15) is 13.2 Å². The molecule has 0 atom stereocenters. The summed E-state index contributed by atoms with van der Waals surface area (Å²) >= 11 is 1.56. The number of hydrogen-bond donors (Lipinski definition) is 2. The van der Waals surface area contributed by atoms with Gasteiger partial charge in [0.25, 0.3) is 0 Å². The zero-order valence-electron chi connectivity index (χ0n) is 15.7. The molecular formula is C17H23F3IN5OS. The van der Waals surface area contributed by atoms with Gasteiger partial charge in [-0.2, -0.15) is 13.2 Å². The first-order valence-electron chi connectivity index (χ1n) is 8.30. The van der Waals surface area contributed by atoms with Crippen LogP contribution in [0.3, 0.4) is 0 Å². The van der Waals surface area contributed by atoms with Crippen LogP contribution in [0.15, 0.2) is 28.7 Å². The van der Waals surface area contributed by atoms with Crippen LogP contribution >= 0.6 is 35.3 Å². The zero-order valence-corrected chi connectivity index (χ0v) is 18.9. The molecule has 2 rings (SSSR count). The van der Waals surface area contributed by atoms with Crippen molar-refractivity contribution in [2.45, 2.75) is 39.0 Å². The molecule has 0 aliphatic rings. The smallest absolute Gasteiger partial charge is 0.422 e. The number of ether oxygens (including phenoxy) is 1. The fraction of sp³-hybridized carbons (Fsp3) is 0.471. The van der Waals surface area contributed by atoms with Gasteiger partial charge in [-0.05, 0) is 12.0 Å². The van der Waals surface area contributed by atoms with Crippen LogP contribution in [0, 0.1) is 0 Å². The number of rotatable bonds is 7. The Balaban J connectivity index is 0.00000392. The van der Waals surface area contributed by atoms with Gasteiger partial charge in [0.2, 0.25) is 5.88 Å². The number of aliphatic imine (C=N–C) groups is 1. The molecule has 0 fully saturated rings. The highest BCUT2D eigenvalue weighted by atomic mass is 127. The van der Waals surface area contributed by atoms with Crippen LogP contribution in [0.25, 0.3) is 0 Å². The van der Waals surface area contributed by atoms with Crippen LogP contribution in [0.4, 0.5) is 13.2 Å².